The van der Waals surface area contributed by atoms with Gasteiger partial charge in [0.15, 0.2) is 11.5 Å². The molecule has 0 fully saturated rings. The van der Waals surface area contributed by atoms with Crippen molar-refractivity contribution in [1.82, 2.24) is 5.43 Å². The van der Waals surface area contributed by atoms with Crippen LogP contribution in [-0.4, -0.2) is 24.0 Å². The molecule has 2 aromatic carbocycles. The topological polar surface area (TPSA) is 83.0 Å². The Morgan fingerprint density at radius 1 is 1.38 bits per heavy atom. The number of anilines is 1. The van der Waals surface area contributed by atoms with E-state index in [1.54, 1.807) is 30.3 Å². The van der Waals surface area contributed by atoms with Crippen molar-refractivity contribution in [3.63, 3.8) is 0 Å². The Bertz CT molecular complexity index is 822. The summed E-state index contributed by atoms with van der Waals surface area (Å²) in [5, 5.41) is 16.8. The summed E-state index contributed by atoms with van der Waals surface area (Å²) in [5.74, 6) is 0.455. The van der Waals surface area contributed by atoms with Crippen LogP contribution in [0.25, 0.3) is 0 Å². The maximum absolute atomic E-state index is 11.9. The van der Waals surface area contributed by atoms with Gasteiger partial charge in [-0.15, -0.1) is 6.58 Å². The summed E-state index contributed by atoms with van der Waals surface area (Å²) in [6, 6.07) is 10.2. The molecule has 0 heterocycles. The van der Waals surface area contributed by atoms with Crippen molar-refractivity contribution in [2.45, 2.75) is 13.3 Å². The van der Waals surface area contributed by atoms with Crippen LogP contribution in [0.2, 0.25) is 0 Å². The number of carbonyl (C=O) groups excluding carboxylic acids is 1. The van der Waals surface area contributed by atoms with E-state index < -0.39 is 6.03 Å². The lowest BCUT2D eigenvalue weighted by atomic mass is 10.1. The van der Waals surface area contributed by atoms with E-state index in [1.165, 1.54) is 6.21 Å². The van der Waals surface area contributed by atoms with E-state index in [1.807, 2.05) is 19.1 Å². The zero-order valence-corrected chi connectivity index (χ0v) is 15.9. The van der Waals surface area contributed by atoms with Crippen LogP contribution < -0.4 is 15.5 Å². The molecular formula is C19H20BrN3O3. The number of hydrazone groups is 1. The van der Waals surface area contributed by atoms with Gasteiger partial charge in [0, 0.05) is 15.7 Å². The standard InChI is InChI=1S/C19H20BrN3O3/c1-3-6-14-9-13(10-17(18(14)24)26-4-2)12-21-23-19(25)22-16-8-5-7-15(20)11-16/h3,5,7-12,24H,1,4,6H2,2H3,(H2,22,23,25)/b21-12+. The monoisotopic (exact) mass is 417 g/mol. The van der Waals surface area contributed by atoms with Crippen LogP contribution in [0.3, 0.4) is 0 Å². The molecule has 0 aliphatic carbocycles. The van der Waals surface area contributed by atoms with Crippen molar-refractivity contribution in [3.05, 3.63) is 64.7 Å². The summed E-state index contributed by atoms with van der Waals surface area (Å²) in [6.07, 6.45) is 3.66. The van der Waals surface area contributed by atoms with E-state index in [9.17, 15) is 9.90 Å². The number of benzene rings is 2. The van der Waals surface area contributed by atoms with E-state index in [4.69, 9.17) is 4.74 Å². The third-order valence-electron chi connectivity index (χ3n) is 3.30. The molecule has 2 aromatic rings. The van der Waals surface area contributed by atoms with E-state index in [2.05, 4.69) is 38.4 Å². The van der Waals surface area contributed by atoms with Crippen LogP contribution in [0.4, 0.5) is 10.5 Å². The number of carbonyl (C=O) groups is 1. The van der Waals surface area contributed by atoms with Gasteiger partial charge in [0.25, 0.3) is 0 Å². The fourth-order valence-corrected chi connectivity index (χ4v) is 2.63. The third kappa shape index (κ3) is 5.63. The van der Waals surface area contributed by atoms with Crippen molar-refractivity contribution in [3.8, 4) is 11.5 Å². The number of phenolic OH excluding ortho intramolecular Hbond substituents is 1. The highest BCUT2D eigenvalue weighted by Gasteiger charge is 2.09. The average molecular weight is 418 g/mol. The third-order valence-corrected chi connectivity index (χ3v) is 3.80. The Morgan fingerprint density at radius 2 is 2.19 bits per heavy atom. The first kappa shape index (κ1) is 19.5. The van der Waals surface area contributed by atoms with Crippen molar-refractivity contribution in [2.75, 3.05) is 11.9 Å². The Kier molecular flexibility index (Phi) is 7.23. The molecule has 0 bridgehead atoms. The summed E-state index contributed by atoms with van der Waals surface area (Å²) >= 11 is 3.34. The van der Waals surface area contributed by atoms with Gasteiger partial charge in [0.05, 0.1) is 12.8 Å². The van der Waals surface area contributed by atoms with Crippen molar-refractivity contribution >= 4 is 33.9 Å². The number of amides is 2. The second kappa shape index (κ2) is 9.62. The molecule has 0 aliphatic rings. The Morgan fingerprint density at radius 3 is 2.88 bits per heavy atom. The highest BCUT2D eigenvalue weighted by Crippen LogP contribution is 2.31. The summed E-state index contributed by atoms with van der Waals surface area (Å²) in [6.45, 7) is 5.94. The van der Waals surface area contributed by atoms with Gasteiger partial charge in [-0.25, -0.2) is 10.2 Å². The molecule has 0 atom stereocenters. The Hall–Kier alpha value is -2.80. The molecule has 0 aliphatic heterocycles. The molecule has 0 saturated heterocycles. The predicted octanol–water partition coefficient (Wildman–Crippen LogP) is 4.44. The normalized spacial score (nSPS) is 10.5. The molecule has 2 amide bonds. The highest BCUT2D eigenvalue weighted by atomic mass is 79.9. The molecule has 0 unspecified atom stereocenters. The number of rotatable bonds is 7. The summed E-state index contributed by atoms with van der Waals surface area (Å²) in [7, 11) is 0. The summed E-state index contributed by atoms with van der Waals surface area (Å²) in [5.41, 5.74) is 4.40. The molecule has 6 nitrogen and oxygen atoms in total. The number of urea groups is 1. The minimum atomic E-state index is -0.463. The SMILES string of the molecule is C=CCc1cc(/C=N/NC(=O)Nc2cccc(Br)c2)cc(OCC)c1O. The van der Waals surface area contributed by atoms with Crippen LogP contribution in [0.5, 0.6) is 11.5 Å². The number of phenols is 1. The smallest absolute Gasteiger partial charge is 0.339 e. The Balaban J connectivity index is 2.06. The Labute approximate surface area is 160 Å². The van der Waals surface area contributed by atoms with E-state index in [0.29, 0.717) is 35.6 Å². The number of nitrogens with zero attached hydrogens (tertiary/aromatic N) is 1. The number of halogens is 1. The maximum Gasteiger partial charge on any atom is 0.339 e. The lowest BCUT2D eigenvalue weighted by Gasteiger charge is -2.11. The second-order valence-electron chi connectivity index (χ2n) is 5.29. The minimum Gasteiger partial charge on any atom is -0.504 e. The molecule has 26 heavy (non-hydrogen) atoms. The molecule has 0 aromatic heterocycles. The number of ether oxygens (including phenoxy) is 1. The van der Waals surface area contributed by atoms with E-state index in [-0.39, 0.29) is 5.75 Å². The van der Waals surface area contributed by atoms with Gasteiger partial charge >= 0.3 is 6.03 Å². The number of aromatic hydroxyl groups is 1. The lowest BCUT2D eigenvalue weighted by molar-refractivity contribution is 0.252. The molecule has 2 rings (SSSR count). The van der Waals surface area contributed by atoms with Crippen LogP contribution in [0.15, 0.2) is 58.6 Å². The van der Waals surface area contributed by atoms with Crippen LogP contribution in [0, 0.1) is 0 Å². The minimum absolute atomic E-state index is 0.0873. The lowest BCUT2D eigenvalue weighted by Crippen LogP contribution is -2.24. The molecule has 0 spiro atoms. The first-order valence-corrected chi connectivity index (χ1v) is 8.78. The largest absolute Gasteiger partial charge is 0.504 e. The van der Waals surface area contributed by atoms with Crippen LogP contribution in [0.1, 0.15) is 18.1 Å². The van der Waals surface area contributed by atoms with Gasteiger partial charge in [-0.05, 0) is 49.2 Å². The van der Waals surface area contributed by atoms with Gasteiger partial charge in [-0.3, -0.25) is 0 Å². The van der Waals surface area contributed by atoms with Gasteiger partial charge < -0.3 is 15.2 Å². The highest BCUT2D eigenvalue weighted by molar-refractivity contribution is 9.10. The maximum atomic E-state index is 11.9. The molecule has 7 heteroatoms. The number of allylic oxidation sites excluding steroid dienone is 1. The predicted molar refractivity (Wildman–Crippen MR) is 107 cm³/mol. The molecule has 0 saturated carbocycles. The fraction of sp³-hybridized carbons (Fsp3) is 0.158. The molecule has 136 valence electrons. The zero-order chi connectivity index (χ0) is 18.9. The van der Waals surface area contributed by atoms with Crippen molar-refractivity contribution in [1.29, 1.82) is 0 Å². The van der Waals surface area contributed by atoms with Crippen LogP contribution >= 0.6 is 15.9 Å². The first-order valence-electron chi connectivity index (χ1n) is 7.98. The number of hydrogen-bond donors (Lipinski definition) is 3. The number of hydrogen-bond acceptors (Lipinski definition) is 4. The number of nitrogens with one attached hydrogen (secondary N) is 2. The summed E-state index contributed by atoms with van der Waals surface area (Å²) in [4.78, 5) is 11.9. The molecule has 3 N–H and O–H groups in total. The van der Waals surface area contributed by atoms with Crippen molar-refractivity contribution < 1.29 is 14.6 Å². The van der Waals surface area contributed by atoms with Crippen LogP contribution in [-0.2, 0) is 6.42 Å². The van der Waals surface area contributed by atoms with E-state index in [0.717, 1.165) is 4.47 Å². The van der Waals surface area contributed by atoms with E-state index >= 15 is 0 Å². The van der Waals surface area contributed by atoms with Gasteiger partial charge in [-0.2, -0.15) is 5.10 Å². The first-order chi connectivity index (χ1) is 12.5. The quantitative estimate of drug-likeness (QED) is 0.353. The van der Waals surface area contributed by atoms with Gasteiger partial charge in [-0.1, -0.05) is 28.1 Å². The molecule has 0 radical (unpaired) electrons. The van der Waals surface area contributed by atoms with Gasteiger partial charge in [0.2, 0.25) is 0 Å². The molecular weight excluding hydrogens is 398 g/mol. The zero-order valence-electron chi connectivity index (χ0n) is 14.3. The fourth-order valence-electron chi connectivity index (χ4n) is 2.23. The summed E-state index contributed by atoms with van der Waals surface area (Å²) < 4.78 is 6.29. The second-order valence-corrected chi connectivity index (χ2v) is 6.20. The van der Waals surface area contributed by atoms with Gasteiger partial charge in [0.1, 0.15) is 0 Å². The average Bonchev–Trinajstić information content (AvgIpc) is 2.59. The van der Waals surface area contributed by atoms with Crippen molar-refractivity contribution in [2.24, 2.45) is 5.10 Å².